The van der Waals surface area contributed by atoms with E-state index in [-0.39, 0.29) is 11.7 Å². The molecule has 0 heterocycles. The van der Waals surface area contributed by atoms with E-state index in [0.29, 0.717) is 11.8 Å². The second-order valence-corrected chi connectivity index (χ2v) is 4.58. The lowest BCUT2D eigenvalue weighted by molar-refractivity contribution is -0.120. The highest BCUT2D eigenvalue weighted by Crippen LogP contribution is 2.03. The summed E-state index contributed by atoms with van der Waals surface area (Å²) in [6.45, 7) is 8.52. The summed E-state index contributed by atoms with van der Waals surface area (Å²) in [4.78, 5) is 11.0. The maximum Gasteiger partial charge on any atom is 0.150 e. The van der Waals surface area contributed by atoms with Gasteiger partial charge in [-0.3, -0.25) is 9.52 Å². The van der Waals surface area contributed by atoms with Crippen LogP contribution in [0.1, 0.15) is 27.7 Å². The zero-order valence-electron chi connectivity index (χ0n) is 7.68. The second kappa shape index (κ2) is 5.61. The van der Waals surface area contributed by atoms with Gasteiger partial charge in [-0.25, -0.2) is 0 Å². The lowest BCUT2D eigenvalue weighted by Gasteiger charge is -2.07. The smallest absolute Gasteiger partial charge is 0.150 e. The Kier molecular flexibility index (Phi) is 5.60. The molecular formula is C8H17NOS. The Morgan fingerprint density at radius 1 is 1.36 bits per heavy atom. The van der Waals surface area contributed by atoms with E-state index >= 15 is 0 Å². The summed E-state index contributed by atoms with van der Waals surface area (Å²) < 4.78 is 3.03. The Bertz CT molecular complexity index is 123. The normalized spacial score (nSPS) is 11.1. The first-order valence-corrected chi connectivity index (χ1v) is 4.83. The molecule has 0 aliphatic heterocycles. The first-order valence-electron chi connectivity index (χ1n) is 3.95. The molecule has 11 heavy (non-hydrogen) atoms. The van der Waals surface area contributed by atoms with Gasteiger partial charge in [-0.2, -0.15) is 0 Å². The highest BCUT2D eigenvalue weighted by Gasteiger charge is 2.05. The van der Waals surface area contributed by atoms with Crippen LogP contribution in [0.4, 0.5) is 0 Å². The van der Waals surface area contributed by atoms with E-state index < -0.39 is 0 Å². The molecule has 0 saturated carbocycles. The Morgan fingerprint density at radius 2 is 1.91 bits per heavy atom. The number of rotatable bonds is 5. The van der Waals surface area contributed by atoms with Gasteiger partial charge in [0.25, 0.3) is 0 Å². The number of Topliss-reactive ketones (excluding diaryl/α,β-unsaturated/α-hetero) is 1. The van der Waals surface area contributed by atoms with Gasteiger partial charge in [0.15, 0.2) is 0 Å². The van der Waals surface area contributed by atoms with E-state index in [1.165, 1.54) is 0 Å². The molecule has 0 fully saturated rings. The molecular weight excluding hydrogens is 158 g/mol. The molecule has 2 nitrogen and oxygen atoms in total. The third kappa shape index (κ3) is 6.38. The van der Waals surface area contributed by atoms with Crippen molar-refractivity contribution in [2.75, 3.05) is 6.54 Å². The van der Waals surface area contributed by atoms with Crippen molar-refractivity contribution in [3.8, 4) is 0 Å². The summed E-state index contributed by atoms with van der Waals surface area (Å²) in [5, 5.41) is 0.537. The molecule has 0 spiro atoms. The Labute approximate surface area is 73.3 Å². The number of carbonyl (C=O) groups excluding carboxylic acids is 1. The molecule has 0 saturated heterocycles. The first kappa shape index (κ1) is 11.0. The van der Waals surface area contributed by atoms with Crippen molar-refractivity contribution in [3.63, 3.8) is 0 Å². The van der Waals surface area contributed by atoms with Gasteiger partial charge in [0.1, 0.15) is 5.78 Å². The molecule has 66 valence electrons. The molecule has 0 atom stereocenters. The van der Waals surface area contributed by atoms with Crippen LogP contribution in [0.25, 0.3) is 0 Å². The van der Waals surface area contributed by atoms with E-state index in [2.05, 4.69) is 18.6 Å². The predicted molar refractivity (Wildman–Crippen MR) is 50.6 cm³/mol. The third-order valence-corrected chi connectivity index (χ3v) is 1.99. The lowest BCUT2D eigenvalue weighted by atomic mass is 10.1. The van der Waals surface area contributed by atoms with E-state index in [4.69, 9.17) is 0 Å². The number of ketones is 1. The average molecular weight is 175 g/mol. The number of nitrogens with one attached hydrogen (secondary N) is 1. The van der Waals surface area contributed by atoms with Gasteiger partial charge in [-0.05, 0) is 0 Å². The summed E-state index contributed by atoms with van der Waals surface area (Å²) in [5.74, 6) is 0.424. The van der Waals surface area contributed by atoms with E-state index in [9.17, 15) is 4.79 Å². The van der Waals surface area contributed by atoms with E-state index in [0.717, 1.165) is 0 Å². The fraction of sp³-hybridized carbons (Fsp3) is 0.875. The Balaban J connectivity index is 3.32. The molecule has 0 rings (SSSR count). The molecule has 3 heteroatoms. The van der Waals surface area contributed by atoms with Crippen molar-refractivity contribution in [1.82, 2.24) is 4.72 Å². The molecule has 0 aliphatic carbocycles. The monoisotopic (exact) mass is 175 g/mol. The van der Waals surface area contributed by atoms with Gasteiger partial charge < -0.3 is 0 Å². The molecule has 0 unspecified atom stereocenters. The zero-order chi connectivity index (χ0) is 8.85. The minimum absolute atomic E-state index is 0.148. The van der Waals surface area contributed by atoms with Crippen LogP contribution in [-0.2, 0) is 4.79 Å². The van der Waals surface area contributed by atoms with Gasteiger partial charge >= 0.3 is 0 Å². The van der Waals surface area contributed by atoms with Crippen LogP contribution in [0.5, 0.6) is 0 Å². The molecule has 0 radical (unpaired) electrons. The SMILES string of the molecule is CC(C)SNCC(=O)C(C)C. The minimum atomic E-state index is 0.148. The quantitative estimate of drug-likeness (QED) is 0.647. The number of carbonyl (C=O) groups is 1. The van der Waals surface area contributed by atoms with Crippen LogP contribution in [0.3, 0.4) is 0 Å². The van der Waals surface area contributed by atoms with Gasteiger partial charge in [0.05, 0.1) is 6.54 Å². The van der Waals surface area contributed by atoms with Crippen LogP contribution in [0.2, 0.25) is 0 Å². The molecule has 0 aliphatic rings. The predicted octanol–water partition coefficient (Wildman–Crippen LogP) is 1.86. The largest absolute Gasteiger partial charge is 0.298 e. The first-order chi connectivity index (χ1) is 5.04. The Morgan fingerprint density at radius 3 is 2.27 bits per heavy atom. The van der Waals surface area contributed by atoms with Crippen molar-refractivity contribution in [2.45, 2.75) is 32.9 Å². The molecule has 1 N–H and O–H groups in total. The molecule has 0 aromatic rings. The molecule has 0 aromatic carbocycles. The van der Waals surface area contributed by atoms with Crippen LogP contribution in [0, 0.1) is 5.92 Å². The second-order valence-electron chi connectivity index (χ2n) is 3.11. The van der Waals surface area contributed by atoms with Gasteiger partial charge in [-0.1, -0.05) is 39.6 Å². The van der Waals surface area contributed by atoms with Crippen LogP contribution in [-0.4, -0.2) is 17.6 Å². The van der Waals surface area contributed by atoms with E-state index in [1.54, 1.807) is 11.9 Å². The number of hydrogen-bond donors (Lipinski definition) is 1. The fourth-order valence-corrected chi connectivity index (χ4v) is 1.04. The van der Waals surface area contributed by atoms with Crippen LogP contribution >= 0.6 is 11.9 Å². The van der Waals surface area contributed by atoms with Gasteiger partial charge in [-0.15, -0.1) is 0 Å². The summed E-state index contributed by atoms with van der Waals surface area (Å²) in [7, 11) is 0. The maximum absolute atomic E-state index is 11.0. The number of hydrogen-bond acceptors (Lipinski definition) is 3. The van der Waals surface area contributed by atoms with Crippen LogP contribution < -0.4 is 4.72 Å². The highest BCUT2D eigenvalue weighted by atomic mass is 32.2. The lowest BCUT2D eigenvalue weighted by Crippen LogP contribution is -2.22. The minimum Gasteiger partial charge on any atom is -0.298 e. The van der Waals surface area contributed by atoms with Crippen molar-refractivity contribution in [2.24, 2.45) is 5.92 Å². The van der Waals surface area contributed by atoms with Crippen molar-refractivity contribution < 1.29 is 4.79 Å². The average Bonchev–Trinajstić information content (AvgIpc) is 1.86. The fourth-order valence-electron chi connectivity index (χ4n) is 0.484. The summed E-state index contributed by atoms with van der Waals surface area (Å²) in [6.07, 6.45) is 0. The standard InChI is InChI=1S/C8H17NOS/c1-6(2)8(10)5-9-11-7(3)4/h6-7,9H,5H2,1-4H3. The summed E-state index contributed by atoms with van der Waals surface area (Å²) in [5.41, 5.74) is 0. The van der Waals surface area contributed by atoms with Crippen molar-refractivity contribution in [3.05, 3.63) is 0 Å². The van der Waals surface area contributed by atoms with Gasteiger partial charge in [0, 0.05) is 11.2 Å². The molecule has 0 bridgehead atoms. The van der Waals surface area contributed by atoms with E-state index in [1.807, 2.05) is 13.8 Å². The zero-order valence-corrected chi connectivity index (χ0v) is 8.49. The highest BCUT2D eigenvalue weighted by molar-refractivity contribution is 7.98. The van der Waals surface area contributed by atoms with Gasteiger partial charge in [0.2, 0.25) is 0 Å². The van der Waals surface area contributed by atoms with Crippen molar-refractivity contribution >= 4 is 17.7 Å². The third-order valence-electron chi connectivity index (χ3n) is 1.21. The summed E-state index contributed by atoms with van der Waals surface area (Å²) in [6, 6.07) is 0. The van der Waals surface area contributed by atoms with Crippen LogP contribution in [0.15, 0.2) is 0 Å². The molecule has 0 amide bonds. The van der Waals surface area contributed by atoms with Crippen molar-refractivity contribution in [1.29, 1.82) is 0 Å². The summed E-state index contributed by atoms with van der Waals surface area (Å²) >= 11 is 1.61. The Hall–Kier alpha value is -0.0200. The molecule has 0 aromatic heterocycles. The maximum atomic E-state index is 11.0. The topological polar surface area (TPSA) is 29.1 Å².